The first kappa shape index (κ1) is 25.2. The van der Waals surface area contributed by atoms with Gasteiger partial charge in [0.2, 0.25) is 5.88 Å². The summed E-state index contributed by atoms with van der Waals surface area (Å²) in [6, 6.07) is 9.74. The summed E-state index contributed by atoms with van der Waals surface area (Å²) in [7, 11) is 2.22. The molecule has 0 aliphatic heterocycles. The number of hydrogen-bond acceptors (Lipinski definition) is 6. The van der Waals surface area contributed by atoms with Gasteiger partial charge in [-0.2, -0.15) is 17.6 Å². The van der Waals surface area contributed by atoms with Crippen LogP contribution >= 0.6 is 34.8 Å². The Morgan fingerprint density at radius 2 is 1.25 bits per heavy atom. The standard InChI is InChI=1S/C7H5ClN2O.C6H2Cl2N2.CH3O.Na/c1-11-7-3-5(4-9)2-6(8)10-7;7-5-1-4(3-9)2-6(8)10-5;1-2;/h2-3H,1H3;1-2H;1H3;/q;;-1;+1. The summed E-state index contributed by atoms with van der Waals surface area (Å²) in [5.74, 6) is 0.356. The predicted molar refractivity (Wildman–Crippen MR) is 85.4 cm³/mol. The summed E-state index contributed by atoms with van der Waals surface area (Å²) in [5.41, 5.74) is 0.867. The Bertz CT molecular complexity index is 713. The van der Waals surface area contributed by atoms with Crippen molar-refractivity contribution in [3.63, 3.8) is 0 Å². The minimum atomic E-state index is 0. The number of methoxy groups -OCH3 is 1. The number of nitrogens with zero attached hydrogens (tertiary/aromatic N) is 4. The van der Waals surface area contributed by atoms with Gasteiger partial charge in [-0.3, -0.25) is 0 Å². The van der Waals surface area contributed by atoms with Crippen molar-refractivity contribution in [1.29, 1.82) is 10.5 Å². The van der Waals surface area contributed by atoms with Crippen molar-refractivity contribution in [2.45, 2.75) is 0 Å². The fraction of sp³-hybridized carbons (Fsp3) is 0.143. The van der Waals surface area contributed by atoms with E-state index in [2.05, 4.69) is 9.97 Å². The second-order valence-electron chi connectivity index (χ2n) is 3.45. The van der Waals surface area contributed by atoms with Gasteiger partial charge >= 0.3 is 29.6 Å². The molecule has 0 unspecified atom stereocenters. The number of aromatic nitrogens is 2. The maximum absolute atomic E-state index is 8.49. The molecule has 0 radical (unpaired) electrons. The number of pyridine rings is 2. The Balaban J connectivity index is 0. The molecule has 0 fully saturated rings. The van der Waals surface area contributed by atoms with Crippen LogP contribution in [0.1, 0.15) is 11.1 Å². The number of halogens is 3. The molecule has 0 saturated heterocycles. The molecule has 6 nitrogen and oxygen atoms in total. The normalized spacial score (nSPS) is 8.00. The molecule has 0 atom stereocenters. The molecule has 0 spiro atoms. The maximum Gasteiger partial charge on any atom is 1.00 e. The maximum atomic E-state index is 8.49. The minimum Gasteiger partial charge on any atom is -0.857 e. The molecule has 2 heterocycles. The molecule has 0 aromatic carbocycles. The topological polar surface area (TPSA) is 106 Å². The Labute approximate surface area is 176 Å². The SMILES string of the molecule is COc1cc(C#N)cc(Cl)n1.C[O-].N#Cc1cc(Cl)nc(Cl)c1.[Na+]. The van der Waals surface area contributed by atoms with Crippen LogP contribution in [0.2, 0.25) is 15.5 Å². The molecule has 0 bridgehead atoms. The largest absolute Gasteiger partial charge is 1.00 e. The average Bonchev–Trinajstić information content (AvgIpc) is 2.55. The number of nitriles is 2. The summed E-state index contributed by atoms with van der Waals surface area (Å²) in [4.78, 5) is 7.45. The molecule has 0 aliphatic rings. The molecule has 0 amide bonds. The van der Waals surface area contributed by atoms with Crippen molar-refractivity contribution in [2.24, 2.45) is 0 Å². The second-order valence-corrected chi connectivity index (χ2v) is 4.61. The van der Waals surface area contributed by atoms with Gasteiger partial charge in [-0.1, -0.05) is 34.8 Å². The van der Waals surface area contributed by atoms with Crippen molar-refractivity contribution in [2.75, 3.05) is 14.2 Å². The molecule has 0 aliphatic carbocycles. The summed E-state index contributed by atoms with van der Waals surface area (Å²) in [6.07, 6.45) is 0. The van der Waals surface area contributed by atoms with E-state index in [1.807, 2.05) is 12.1 Å². The molecular weight excluding hydrogens is 386 g/mol. The van der Waals surface area contributed by atoms with Gasteiger partial charge < -0.3 is 9.84 Å². The van der Waals surface area contributed by atoms with Gasteiger partial charge in [0.1, 0.15) is 15.5 Å². The van der Waals surface area contributed by atoms with Crippen LogP contribution < -0.4 is 39.4 Å². The quantitative estimate of drug-likeness (QED) is 0.491. The van der Waals surface area contributed by atoms with E-state index in [0.717, 1.165) is 7.11 Å². The third kappa shape index (κ3) is 9.92. The molecule has 2 rings (SSSR count). The Morgan fingerprint density at radius 1 is 0.875 bits per heavy atom. The first-order valence-corrected chi connectivity index (χ1v) is 6.87. The third-order valence-electron chi connectivity index (χ3n) is 2.00. The van der Waals surface area contributed by atoms with Gasteiger partial charge in [0.25, 0.3) is 0 Å². The van der Waals surface area contributed by atoms with Gasteiger partial charge in [-0.25, -0.2) is 9.97 Å². The van der Waals surface area contributed by atoms with E-state index in [0.29, 0.717) is 17.0 Å². The average molecular weight is 396 g/mol. The van der Waals surface area contributed by atoms with Crippen molar-refractivity contribution in [3.8, 4) is 18.0 Å². The van der Waals surface area contributed by atoms with Crippen molar-refractivity contribution < 1.29 is 39.4 Å². The van der Waals surface area contributed by atoms with E-state index < -0.39 is 0 Å². The van der Waals surface area contributed by atoms with E-state index >= 15 is 0 Å². The molecule has 0 N–H and O–H groups in total. The summed E-state index contributed by atoms with van der Waals surface area (Å²) in [6.45, 7) is 0. The number of rotatable bonds is 1. The number of hydrogen-bond donors (Lipinski definition) is 0. The van der Waals surface area contributed by atoms with E-state index in [1.165, 1.54) is 31.4 Å². The minimum absolute atomic E-state index is 0. The van der Waals surface area contributed by atoms with Crippen LogP contribution in [0.4, 0.5) is 0 Å². The fourth-order valence-electron chi connectivity index (χ4n) is 1.17. The molecular formula is C14H10Cl3N4NaO2. The van der Waals surface area contributed by atoms with Crippen LogP contribution in [0.5, 0.6) is 5.88 Å². The zero-order chi connectivity index (χ0) is 17.8. The van der Waals surface area contributed by atoms with Crippen LogP contribution in [0.25, 0.3) is 0 Å². The number of ether oxygens (including phenoxy) is 1. The van der Waals surface area contributed by atoms with Crippen LogP contribution in [0, 0.1) is 22.7 Å². The zero-order valence-electron chi connectivity index (χ0n) is 13.0. The molecule has 2 aromatic rings. The predicted octanol–water partition coefficient (Wildman–Crippen LogP) is -0.144. The second kappa shape index (κ2) is 14.3. The zero-order valence-corrected chi connectivity index (χ0v) is 17.3. The van der Waals surface area contributed by atoms with Crippen molar-refractivity contribution in [1.82, 2.24) is 9.97 Å². The Morgan fingerprint density at radius 3 is 1.62 bits per heavy atom. The Hall–Kier alpha value is -1.09. The van der Waals surface area contributed by atoms with Gasteiger partial charge in [0, 0.05) is 6.07 Å². The van der Waals surface area contributed by atoms with Crippen molar-refractivity contribution >= 4 is 34.8 Å². The van der Waals surface area contributed by atoms with E-state index in [9.17, 15) is 0 Å². The smallest absolute Gasteiger partial charge is 0.857 e. The molecule has 10 heteroatoms. The summed E-state index contributed by atoms with van der Waals surface area (Å²) >= 11 is 16.5. The first-order valence-electron chi connectivity index (χ1n) is 5.74. The Kier molecular flexibility index (Phi) is 15.0. The monoisotopic (exact) mass is 394 g/mol. The van der Waals surface area contributed by atoms with Crippen LogP contribution in [0.15, 0.2) is 24.3 Å². The van der Waals surface area contributed by atoms with E-state index in [4.69, 9.17) is 55.2 Å². The molecule has 0 saturated carbocycles. The first-order chi connectivity index (χ1) is 11.0. The molecule has 2 aromatic heterocycles. The third-order valence-corrected chi connectivity index (χ3v) is 2.58. The van der Waals surface area contributed by atoms with E-state index in [1.54, 1.807) is 0 Å². The summed E-state index contributed by atoms with van der Waals surface area (Å²) in [5, 5.41) is 25.9. The van der Waals surface area contributed by atoms with Crippen LogP contribution in [-0.4, -0.2) is 24.2 Å². The van der Waals surface area contributed by atoms with Crippen molar-refractivity contribution in [3.05, 3.63) is 50.9 Å². The van der Waals surface area contributed by atoms with Crippen LogP contribution in [0.3, 0.4) is 0 Å². The molecule has 120 valence electrons. The van der Waals surface area contributed by atoms with Gasteiger partial charge in [-0.05, 0) is 18.2 Å². The van der Waals surface area contributed by atoms with Gasteiger partial charge in [0.15, 0.2) is 0 Å². The summed E-state index contributed by atoms with van der Waals surface area (Å²) < 4.78 is 4.79. The van der Waals surface area contributed by atoms with E-state index in [-0.39, 0.29) is 45.0 Å². The molecule has 24 heavy (non-hydrogen) atoms. The van der Waals surface area contributed by atoms with Gasteiger partial charge in [0.05, 0.1) is 30.4 Å². The fourth-order valence-corrected chi connectivity index (χ4v) is 1.83. The van der Waals surface area contributed by atoms with Crippen LogP contribution in [-0.2, 0) is 0 Å². The van der Waals surface area contributed by atoms with Gasteiger partial charge in [-0.15, -0.1) is 0 Å².